The van der Waals surface area contributed by atoms with E-state index in [-0.39, 0.29) is 0 Å². The van der Waals surface area contributed by atoms with Crippen molar-refractivity contribution in [3.8, 4) is 17.1 Å². The van der Waals surface area contributed by atoms with Crippen LogP contribution in [0, 0.1) is 0 Å². The molecule has 1 saturated carbocycles. The summed E-state index contributed by atoms with van der Waals surface area (Å²) in [6.07, 6.45) is 8.56. The van der Waals surface area contributed by atoms with Gasteiger partial charge in [0.2, 0.25) is 0 Å². The number of nitrogens with one attached hydrogen (secondary N) is 1. The molecule has 6 rings (SSSR count). The van der Waals surface area contributed by atoms with Gasteiger partial charge in [-0.1, -0.05) is 66.9 Å². The molecule has 7 heteroatoms. The second-order valence-corrected chi connectivity index (χ2v) is 11.5. The molecule has 1 N–H and O–H groups in total. The Bertz CT molecular complexity index is 1630. The van der Waals surface area contributed by atoms with E-state index in [4.69, 9.17) is 44.8 Å². The second-order valence-electron chi connectivity index (χ2n) is 10.2. The van der Waals surface area contributed by atoms with Crippen LogP contribution in [0.3, 0.4) is 0 Å². The summed E-state index contributed by atoms with van der Waals surface area (Å²) in [6, 6.07) is 26.0. The van der Waals surface area contributed by atoms with Crippen LogP contribution in [0.2, 0.25) is 15.1 Å². The van der Waals surface area contributed by atoms with Gasteiger partial charge in [0.25, 0.3) is 0 Å². The molecule has 1 aliphatic heterocycles. The third-order valence-electron chi connectivity index (χ3n) is 7.36. The fourth-order valence-electron chi connectivity index (χ4n) is 5.39. The van der Waals surface area contributed by atoms with Gasteiger partial charge in [-0.15, -0.1) is 0 Å². The zero-order valence-corrected chi connectivity index (χ0v) is 23.8. The minimum Gasteiger partial charge on any atom is -0.354 e. The van der Waals surface area contributed by atoms with E-state index >= 15 is 0 Å². The van der Waals surface area contributed by atoms with Crippen LogP contribution in [0.5, 0.6) is 0 Å². The molecule has 4 nitrogen and oxygen atoms in total. The standard InChI is InChI=1S/C32H29Cl3N4/c33-21-8-13-25(14-9-21)37-28-19-30-32(20-29(28)36-24-6-4-2-1-3-5-7-24)39(26-15-10-22(34)11-16-26)31-18-23(35)12-17-27(31)38-30/h8-20,24,37H,1-7H2. The highest BCUT2D eigenvalue weighted by Crippen LogP contribution is 2.32. The quantitative estimate of drug-likeness (QED) is 0.217. The largest absolute Gasteiger partial charge is 0.354 e. The fourth-order valence-corrected chi connectivity index (χ4v) is 5.81. The van der Waals surface area contributed by atoms with Gasteiger partial charge in [0.1, 0.15) is 0 Å². The first kappa shape index (κ1) is 26.2. The first-order valence-electron chi connectivity index (χ1n) is 13.5. The summed E-state index contributed by atoms with van der Waals surface area (Å²) in [7, 11) is 0. The van der Waals surface area contributed by atoms with E-state index in [0.717, 1.165) is 57.7 Å². The van der Waals surface area contributed by atoms with Crippen LogP contribution in [-0.2, 0) is 0 Å². The Labute approximate surface area is 243 Å². The van der Waals surface area contributed by atoms with Crippen LogP contribution in [-0.4, -0.2) is 15.6 Å². The van der Waals surface area contributed by atoms with Gasteiger partial charge >= 0.3 is 0 Å². The van der Waals surface area contributed by atoms with Crippen molar-refractivity contribution >= 4 is 57.2 Å². The monoisotopic (exact) mass is 574 g/mol. The predicted molar refractivity (Wildman–Crippen MR) is 164 cm³/mol. The van der Waals surface area contributed by atoms with Gasteiger partial charge in [0.05, 0.1) is 39.5 Å². The molecule has 2 aliphatic carbocycles. The molecule has 3 aliphatic rings. The Morgan fingerprint density at radius 1 is 0.718 bits per heavy atom. The summed E-state index contributed by atoms with van der Waals surface area (Å²) in [5, 5.41) is 6.57. The predicted octanol–water partition coefficient (Wildman–Crippen LogP) is 9.85. The first-order chi connectivity index (χ1) is 19.0. The van der Waals surface area contributed by atoms with Crippen LogP contribution in [0.15, 0.2) is 83.9 Å². The summed E-state index contributed by atoms with van der Waals surface area (Å²) in [4.78, 5) is 10.4. The molecular formula is C32H29Cl3N4. The average Bonchev–Trinajstić information content (AvgIpc) is 2.91. The zero-order chi connectivity index (χ0) is 26.8. The van der Waals surface area contributed by atoms with E-state index in [9.17, 15) is 0 Å². The Morgan fingerprint density at radius 2 is 1.36 bits per heavy atom. The van der Waals surface area contributed by atoms with E-state index in [1.807, 2.05) is 66.7 Å². The van der Waals surface area contributed by atoms with Gasteiger partial charge in [-0.05, 0) is 91.7 Å². The van der Waals surface area contributed by atoms with Crippen LogP contribution in [0.1, 0.15) is 44.9 Å². The average molecular weight is 576 g/mol. The van der Waals surface area contributed by atoms with Gasteiger partial charge in [-0.3, -0.25) is 4.99 Å². The Balaban J connectivity index is 1.60. The minimum atomic E-state index is 0.292. The molecule has 0 amide bonds. The van der Waals surface area contributed by atoms with Crippen molar-refractivity contribution in [3.05, 3.63) is 99.3 Å². The van der Waals surface area contributed by atoms with Crippen LogP contribution in [0.4, 0.5) is 11.4 Å². The number of anilines is 2. The van der Waals surface area contributed by atoms with E-state index < -0.39 is 0 Å². The molecule has 0 spiro atoms. The number of aromatic nitrogens is 2. The number of hydrogen-bond acceptors (Lipinski definition) is 3. The van der Waals surface area contributed by atoms with Crippen molar-refractivity contribution in [2.75, 3.05) is 5.32 Å². The second kappa shape index (κ2) is 11.6. The number of hydrogen-bond donors (Lipinski definition) is 1. The van der Waals surface area contributed by atoms with E-state index in [1.165, 1.54) is 32.1 Å². The van der Waals surface area contributed by atoms with E-state index in [2.05, 4.69) is 22.0 Å². The van der Waals surface area contributed by atoms with Crippen molar-refractivity contribution in [1.29, 1.82) is 0 Å². The zero-order valence-electron chi connectivity index (χ0n) is 21.5. The highest BCUT2D eigenvalue weighted by molar-refractivity contribution is 6.31. The normalized spacial score (nSPS) is 15.4. The lowest BCUT2D eigenvalue weighted by Gasteiger charge is -2.21. The van der Waals surface area contributed by atoms with Gasteiger partial charge < -0.3 is 9.88 Å². The lowest BCUT2D eigenvalue weighted by molar-refractivity contribution is 0.450. The fraction of sp³-hybridized carbons (Fsp3) is 0.250. The van der Waals surface area contributed by atoms with Crippen LogP contribution in [0.25, 0.3) is 28.1 Å². The van der Waals surface area contributed by atoms with Crippen molar-refractivity contribution in [2.24, 2.45) is 4.99 Å². The van der Waals surface area contributed by atoms with E-state index in [0.29, 0.717) is 21.1 Å². The number of benzene rings is 4. The molecule has 0 bridgehead atoms. The summed E-state index contributed by atoms with van der Waals surface area (Å²) >= 11 is 18.9. The van der Waals surface area contributed by atoms with Crippen LogP contribution < -0.4 is 10.7 Å². The van der Waals surface area contributed by atoms with Crippen molar-refractivity contribution in [2.45, 2.75) is 51.0 Å². The number of fused-ring (bicyclic) bond motifs is 2. The molecule has 1 heterocycles. The summed E-state index contributed by atoms with van der Waals surface area (Å²) in [5.74, 6) is 0. The van der Waals surface area contributed by atoms with E-state index in [1.54, 1.807) is 0 Å². The van der Waals surface area contributed by atoms with Crippen molar-refractivity contribution in [3.63, 3.8) is 0 Å². The number of rotatable bonds is 4. The summed E-state index contributed by atoms with van der Waals surface area (Å²) < 4.78 is 2.20. The van der Waals surface area contributed by atoms with Crippen molar-refractivity contribution in [1.82, 2.24) is 9.55 Å². The molecule has 39 heavy (non-hydrogen) atoms. The highest BCUT2D eigenvalue weighted by Gasteiger charge is 2.18. The molecule has 0 unspecified atom stereocenters. The van der Waals surface area contributed by atoms with Gasteiger partial charge in [0, 0.05) is 26.4 Å². The Kier molecular flexibility index (Phi) is 7.78. The number of halogens is 3. The molecule has 0 aromatic heterocycles. The Morgan fingerprint density at radius 3 is 2.08 bits per heavy atom. The topological polar surface area (TPSA) is 42.2 Å². The maximum absolute atomic E-state index is 6.47. The SMILES string of the molecule is Clc1ccc(Nc2cc3nc4ccc(Cl)cc4n(-c4ccc(Cl)cc4)c-3cc2=NC2CCCCCCC2)cc1. The van der Waals surface area contributed by atoms with Gasteiger partial charge in [-0.2, -0.15) is 0 Å². The molecule has 1 fully saturated rings. The molecule has 0 saturated heterocycles. The summed E-state index contributed by atoms with van der Waals surface area (Å²) in [6.45, 7) is 0. The molecule has 198 valence electrons. The third kappa shape index (κ3) is 5.94. The lowest BCUT2D eigenvalue weighted by Crippen LogP contribution is -2.19. The molecule has 0 atom stereocenters. The van der Waals surface area contributed by atoms with Gasteiger partial charge in [-0.25, -0.2) is 4.98 Å². The van der Waals surface area contributed by atoms with Crippen LogP contribution >= 0.6 is 34.8 Å². The first-order valence-corrected chi connectivity index (χ1v) is 14.7. The lowest BCUT2D eigenvalue weighted by atomic mass is 9.97. The smallest absolute Gasteiger partial charge is 0.0900 e. The summed E-state index contributed by atoms with van der Waals surface area (Å²) in [5.41, 5.74) is 6.44. The third-order valence-corrected chi connectivity index (χ3v) is 8.10. The highest BCUT2D eigenvalue weighted by atomic mass is 35.5. The number of nitrogens with zero attached hydrogens (tertiary/aromatic N) is 3. The molecular weight excluding hydrogens is 547 g/mol. The molecule has 3 aromatic rings. The minimum absolute atomic E-state index is 0.292. The van der Waals surface area contributed by atoms with Gasteiger partial charge in [0.15, 0.2) is 0 Å². The maximum Gasteiger partial charge on any atom is 0.0900 e. The van der Waals surface area contributed by atoms with Crippen molar-refractivity contribution < 1.29 is 0 Å². The Hall–Kier alpha value is -3.05. The molecule has 0 radical (unpaired) electrons. The molecule has 3 aromatic carbocycles. The maximum atomic E-state index is 6.47.